The van der Waals surface area contributed by atoms with E-state index in [4.69, 9.17) is 9.15 Å². The third-order valence-electron chi connectivity index (χ3n) is 3.49. The summed E-state index contributed by atoms with van der Waals surface area (Å²) in [5.41, 5.74) is 2.20. The summed E-state index contributed by atoms with van der Waals surface area (Å²) in [4.78, 5) is 11.8. The fourth-order valence-corrected chi connectivity index (χ4v) is 2.52. The Bertz CT molecular complexity index is 744. The van der Waals surface area contributed by atoms with Crippen molar-refractivity contribution in [1.29, 1.82) is 0 Å². The Labute approximate surface area is 121 Å². The van der Waals surface area contributed by atoms with Crippen LogP contribution < -0.4 is 4.74 Å². The lowest BCUT2D eigenvalue weighted by Gasteiger charge is -2.14. The molecule has 0 radical (unpaired) electrons. The Balaban J connectivity index is 2.12. The van der Waals surface area contributed by atoms with Gasteiger partial charge in [0.15, 0.2) is 0 Å². The molecule has 4 heteroatoms. The molecule has 106 valence electrons. The molecule has 3 rings (SSSR count). The van der Waals surface area contributed by atoms with Crippen molar-refractivity contribution in [2.45, 2.75) is 5.92 Å². The number of rotatable bonds is 4. The molecule has 1 aromatic carbocycles. The first-order chi connectivity index (χ1) is 10.2. The van der Waals surface area contributed by atoms with Gasteiger partial charge in [0.05, 0.1) is 13.4 Å². The Morgan fingerprint density at radius 1 is 1.19 bits per heavy atom. The van der Waals surface area contributed by atoms with Gasteiger partial charge in [0.2, 0.25) is 0 Å². The standard InChI is InChI=1S/C17H14O4/c1-20-13-6-2-4-12(10-13)15(17(18)19)14-8-7-11-5-3-9-21-16(11)14/h2-10,15H,1H3,(H,18,19). The summed E-state index contributed by atoms with van der Waals surface area (Å²) in [6.45, 7) is 0. The quantitative estimate of drug-likeness (QED) is 0.794. The first-order valence-electron chi connectivity index (χ1n) is 6.53. The zero-order chi connectivity index (χ0) is 14.8. The van der Waals surface area contributed by atoms with Gasteiger partial charge in [0, 0.05) is 11.1 Å². The largest absolute Gasteiger partial charge is 0.497 e. The van der Waals surface area contributed by atoms with Gasteiger partial charge in [-0.1, -0.05) is 24.3 Å². The maximum Gasteiger partial charge on any atom is 0.315 e. The topological polar surface area (TPSA) is 59.7 Å². The molecule has 1 unspecified atom stereocenters. The van der Waals surface area contributed by atoms with Crippen molar-refractivity contribution in [1.82, 2.24) is 0 Å². The van der Waals surface area contributed by atoms with Crippen LogP contribution in [0.25, 0.3) is 11.3 Å². The number of carboxylic acid groups (broad SMARTS) is 1. The fraction of sp³-hybridized carbons (Fsp3) is 0.118. The van der Waals surface area contributed by atoms with Crippen LogP contribution in [0.1, 0.15) is 17.0 Å². The molecule has 0 spiro atoms. The summed E-state index contributed by atoms with van der Waals surface area (Å²) in [7, 11) is 1.56. The highest BCUT2D eigenvalue weighted by molar-refractivity contribution is 5.84. The van der Waals surface area contributed by atoms with Crippen LogP contribution in [0.15, 0.2) is 59.2 Å². The Morgan fingerprint density at radius 2 is 2.05 bits per heavy atom. The molecule has 0 saturated carbocycles. The molecule has 0 aromatic heterocycles. The molecule has 1 aliphatic carbocycles. The lowest BCUT2D eigenvalue weighted by Crippen LogP contribution is -2.13. The van der Waals surface area contributed by atoms with E-state index in [1.807, 2.05) is 12.1 Å². The average molecular weight is 282 g/mol. The minimum absolute atomic E-state index is 0.604. The molecule has 0 fully saturated rings. The number of ether oxygens (including phenoxy) is 1. The molecule has 21 heavy (non-hydrogen) atoms. The second kappa shape index (κ2) is 5.32. The summed E-state index contributed by atoms with van der Waals surface area (Å²) in [5, 5.41) is 9.64. The highest BCUT2D eigenvalue weighted by Crippen LogP contribution is 2.37. The van der Waals surface area contributed by atoms with Gasteiger partial charge in [0.25, 0.3) is 0 Å². The maximum atomic E-state index is 11.8. The van der Waals surface area contributed by atoms with Gasteiger partial charge >= 0.3 is 5.97 Å². The van der Waals surface area contributed by atoms with E-state index >= 15 is 0 Å². The summed E-state index contributed by atoms with van der Waals surface area (Å²) in [6.07, 6.45) is 1.55. The number of hydrogen-bond donors (Lipinski definition) is 1. The van der Waals surface area contributed by atoms with Crippen LogP contribution in [0.3, 0.4) is 0 Å². The highest BCUT2D eigenvalue weighted by atomic mass is 16.5. The van der Waals surface area contributed by atoms with Crippen molar-refractivity contribution in [2.75, 3.05) is 7.11 Å². The summed E-state index contributed by atoms with van der Waals surface area (Å²) in [5.74, 6) is -0.474. The van der Waals surface area contributed by atoms with Crippen molar-refractivity contribution in [3.05, 3.63) is 65.9 Å². The molecule has 4 nitrogen and oxygen atoms in total. The molecule has 1 aromatic rings. The van der Waals surface area contributed by atoms with Crippen LogP contribution in [-0.2, 0) is 4.79 Å². The van der Waals surface area contributed by atoms with Crippen LogP contribution in [0.4, 0.5) is 0 Å². The molecule has 1 N–H and O–H groups in total. The van der Waals surface area contributed by atoms with E-state index in [9.17, 15) is 9.90 Å². The van der Waals surface area contributed by atoms with E-state index in [2.05, 4.69) is 0 Å². The van der Waals surface area contributed by atoms with Gasteiger partial charge in [-0.3, -0.25) is 4.79 Å². The molecule has 2 aliphatic rings. The van der Waals surface area contributed by atoms with Crippen molar-refractivity contribution < 1.29 is 19.1 Å². The van der Waals surface area contributed by atoms with E-state index in [1.54, 1.807) is 49.8 Å². The SMILES string of the molecule is COc1cccc(C(C(=O)O)c2ccc3cccoc2-3)c1. The van der Waals surface area contributed by atoms with Crippen LogP contribution in [0, 0.1) is 0 Å². The number of methoxy groups -OCH3 is 1. The number of aliphatic carboxylic acids is 1. The van der Waals surface area contributed by atoms with Crippen LogP contribution in [0.2, 0.25) is 0 Å². The smallest absolute Gasteiger partial charge is 0.315 e. The monoisotopic (exact) mass is 282 g/mol. The molecule has 0 amide bonds. The maximum absolute atomic E-state index is 11.8. The van der Waals surface area contributed by atoms with E-state index in [0.29, 0.717) is 22.6 Å². The first-order valence-corrected chi connectivity index (χ1v) is 6.53. The number of hydrogen-bond acceptors (Lipinski definition) is 3. The third-order valence-corrected chi connectivity index (χ3v) is 3.49. The van der Waals surface area contributed by atoms with Crippen molar-refractivity contribution in [3.63, 3.8) is 0 Å². The third kappa shape index (κ3) is 2.36. The summed E-state index contributed by atoms with van der Waals surface area (Å²) >= 11 is 0. The number of carbonyl (C=O) groups is 1. The minimum atomic E-state index is -0.921. The zero-order valence-electron chi connectivity index (χ0n) is 11.4. The van der Waals surface area contributed by atoms with Gasteiger partial charge < -0.3 is 14.3 Å². The number of carboxylic acids is 1. The van der Waals surface area contributed by atoms with Crippen LogP contribution >= 0.6 is 0 Å². The lowest BCUT2D eigenvalue weighted by molar-refractivity contribution is -0.137. The van der Waals surface area contributed by atoms with Gasteiger partial charge in [0.1, 0.15) is 17.4 Å². The van der Waals surface area contributed by atoms with Crippen LogP contribution in [-0.4, -0.2) is 18.2 Å². The molecule has 1 atom stereocenters. The van der Waals surface area contributed by atoms with Crippen LogP contribution in [0.5, 0.6) is 5.75 Å². The minimum Gasteiger partial charge on any atom is -0.497 e. The summed E-state index contributed by atoms with van der Waals surface area (Å²) < 4.78 is 10.7. The average Bonchev–Trinajstić information content (AvgIpc) is 2.91. The summed E-state index contributed by atoms with van der Waals surface area (Å²) in [6, 6.07) is 14.4. The predicted octanol–water partition coefficient (Wildman–Crippen LogP) is 3.61. The van der Waals surface area contributed by atoms with Crippen molar-refractivity contribution >= 4 is 5.97 Å². The Morgan fingerprint density at radius 3 is 2.81 bits per heavy atom. The van der Waals surface area contributed by atoms with E-state index in [0.717, 1.165) is 5.56 Å². The normalized spacial score (nSPS) is 12.2. The highest BCUT2D eigenvalue weighted by Gasteiger charge is 2.28. The zero-order valence-corrected chi connectivity index (χ0v) is 11.4. The molecule has 1 aliphatic heterocycles. The number of fused-ring (bicyclic) bond motifs is 1. The first kappa shape index (κ1) is 13.2. The Kier molecular flexibility index (Phi) is 3.36. The van der Waals surface area contributed by atoms with Gasteiger partial charge in [-0.15, -0.1) is 0 Å². The predicted molar refractivity (Wildman–Crippen MR) is 77.8 cm³/mol. The molecule has 0 saturated heterocycles. The van der Waals surface area contributed by atoms with Gasteiger partial charge in [-0.25, -0.2) is 0 Å². The molecular formula is C17H14O4. The second-order valence-corrected chi connectivity index (χ2v) is 4.73. The van der Waals surface area contributed by atoms with Gasteiger partial charge in [-0.2, -0.15) is 0 Å². The Hall–Kier alpha value is -2.75. The number of benzene rings is 1. The van der Waals surface area contributed by atoms with E-state index in [-0.39, 0.29) is 0 Å². The molecule has 0 bridgehead atoms. The van der Waals surface area contributed by atoms with Crippen molar-refractivity contribution in [2.24, 2.45) is 0 Å². The van der Waals surface area contributed by atoms with Gasteiger partial charge in [-0.05, 0) is 29.8 Å². The fourth-order valence-electron chi connectivity index (χ4n) is 2.52. The van der Waals surface area contributed by atoms with Crippen molar-refractivity contribution in [3.8, 4) is 17.1 Å². The van der Waals surface area contributed by atoms with E-state index < -0.39 is 11.9 Å². The molecular weight excluding hydrogens is 268 g/mol. The second-order valence-electron chi connectivity index (χ2n) is 4.73. The molecule has 1 heterocycles. The lowest BCUT2D eigenvalue weighted by atomic mass is 9.91. The van der Waals surface area contributed by atoms with E-state index in [1.165, 1.54) is 0 Å².